The number of benzene rings is 1. The Morgan fingerprint density at radius 3 is 2.53 bits per heavy atom. The molecule has 3 nitrogen and oxygen atoms in total. The molecule has 0 amide bonds. The van der Waals surface area contributed by atoms with Crippen molar-refractivity contribution < 1.29 is 9.47 Å². The molecule has 0 radical (unpaired) electrons. The van der Waals surface area contributed by atoms with Crippen molar-refractivity contribution in [1.29, 1.82) is 0 Å². The average molecular weight is 263 g/mol. The highest BCUT2D eigenvalue weighted by molar-refractivity contribution is 5.43. The first kappa shape index (κ1) is 14.2. The van der Waals surface area contributed by atoms with E-state index < -0.39 is 0 Å². The van der Waals surface area contributed by atoms with Crippen LogP contribution in [0.1, 0.15) is 31.2 Å². The summed E-state index contributed by atoms with van der Waals surface area (Å²) in [4.78, 5) is 0. The van der Waals surface area contributed by atoms with Gasteiger partial charge in [0, 0.05) is 6.04 Å². The van der Waals surface area contributed by atoms with Crippen molar-refractivity contribution in [1.82, 2.24) is 5.32 Å². The number of hydrogen-bond donors (Lipinski definition) is 1. The van der Waals surface area contributed by atoms with E-state index in [9.17, 15) is 0 Å². The summed E-state index contributed by atoms with van der Waals surface area (Å²) in [6, 6.07) is 6.93. The second-order valence-electron chi connectivity index (χ2n) is 5.33. The van der Waals surface area contributed by atoms with Gasteiger partial charge in [-0.2, -0.15) is 0 Å². The predicted molar refractivity (Wildman–Crippen MR) is 78.1 cm³/mol. The standard InChI is InChI=1S/C16H25NO2/c1-17-14-7-5-4-6-13(14)10-12-8-9-15(18-2)16(11-12)19-3/h8-9,11,13-14,17H,4-7,10H2,1-3H3. The first-order valence-corrected chi connectivity index (χ1v) is 7.16. The molecule has 1 aliphatic carbocycles. The fraction of sp³-hybridized carbons (Fsp3) is 0.625. The van der Waals surface area contributed by atoms with Crippen LogP contribution in [0.25, 0.3) is 0 Å². The molecule has 0 aliphatic heterocycles. The van der Waals surface area contributed by atoms with Gasteiger partial charge in [-0.25, -0.2) is 0 Å². The van der Waals surface area contributed by atoms with Crippen LogP contribution in [-0.2, 0) is 6.42 Å². The molecule has 0 heterocycles. The van der Waals surface area contributed by atoms with E-state index >= 15 is 0 Å². The molecule has 1 fully saturated rings. The minimum absolute atomic E-state index is 0.654. The second-order valence-corrected chi connectivity index (χ2v) is 5.33. The molecule has 1 aromatic carbocycles. The van der Waals surface area contributed by atoms with Gasteiger partial charge < -0.3 is 14.8 Å². The third kappa shape index (κ3) is 3.41. The Morgan fingerprint density at radius 2 is 1.84 bits per heavy atom. The maximum atomic E-state index is 5.38. The van der Waals surface area contributed by atoms with Gasteiger partial charge in [-0.3, -0.25) is 0 Å². The molecule has 0 aromatic heterocycles. The number of ether oxygens (including phenoxy) is 2. The summed E-state index contributed by atoms with van der Waals surface area (Å²) in [6.07, 6.45) is 6.45. The van der Waals surface area contributed by atoms with E-state index in [4.69, 9.17) is 9.47 Å². The molecule has 1 N–H and O–H groups in total. The molecule has 2 unspecified atom stereocenters. The smallest absolute Gasteiger partial charge is 0.160 e. The van der Waals surface area contributed by atoms with Gasteiger partial charge in [0.2, 0.25) is 0 Å². The Bertz CT molecular complexity index is 406. The molecule has 0 spiro atoms. The van der Waals surface area contributed by atoms with Crippen molar-refractivity contribution in [2.24, 2.45) is 5.92 Å². The van der Waals surface area contributed by atoms with Crippen LogP contribution in [-0.4, -0.2) is 27.3 Å². The normalized spacial score (nSPS) is 23.1. The Kier molecular flexibility index (Phi) is 5.08. The largest absolute Gasteiger partial charge is 0.493 e. The molecule has 0 bridgehead atoms. The van der Waals surface area contributed by atoms with Gasteiger partial charge in [0.05, 0.1) is 14.2 Å². The van der Waals surface area contributed by atoms with Crippen molar-refractivity contribution >= 4 is 0 Å². The maximum Gasteiger partial charge on any atom is 0.160 e. The summed E-state index contributed by atoms with van der Waals surface area (Å²) in [5, 5.41) is 3.47. The van der Waals surface area contributed by atoms with Crippen LogP contribution in [0.3, 0.4) is 0 Å². The summed E-state index contributed by atoms with van der Waals surface area (Å²) < 4.78 is 10.7. The van der Waals surface area contributed by atoms with Crippen molar-refractivity contribution in [2.75, 3.05) is 21.3 Å². The first-order valence-electron chi connectivity index (χ1n) is 7.16. The van der Waals surface area contributed by atoms with Crippen LogP contribution >= 0.6 is 0 Å². The zero-order valence-electron chi connectivity index (χ0n) is 12.2. The predicted octanol–water partition coefficient (Wildman–Crippen LogP) is 3.02. The molecule has 2 atom stereocenters. The third-order valence-electron chi connectivity index (χ3n) is 4.23. The maximum absolute atomic E-state index is 5.38. The molecule has 19 heavy (non-hydrogen) atoms. The van der Waals surface area contributed by atoms with E-state index in [-0.39, 0.29) is 0 Å². The molecule has 3 heteroatoms. The first-order chi connectivity index (χ1) is 9.28. The minimum atomic E-state index is 0.654. The van der Waals surface area contributed by atoms with Gasteiger partial charge in [-0.05, 0) is 49.9 Å². The molecule has 106 valence electrons. The van der Waals surface area contributed by atoms with E-state index in [1.807, 2.05) is 6.07 Å². The van der Waals surface area contributed by atoms with Gasteiger partial charge >= 0.3 is 0 Å². The highest BCUT2D eigenvalue weighted by Crippen LogP contribution is 2.31. The van der Waals surface area contributed by atoms with Gasteiger partial charge in [-0.1, -0.05) is 18.9 Å². The van der Waals surface area contributed by atoms with Gasteiger partial charge in [0.1, 0.15) is 0 Å². The van der Waals surface area contributed by atoms with E-state index in [0.29, 0.717) is 6.04 Å². The van der Waals surface area contributed by atoms with E-state index in [1.54, 1.807) is 14.2 Å². The lowest BCUT2D eigenvalue weighted by Crippen LogP contribution is -2.37. The van der Waals surface area contributed by atoms with Crippen LogP contribution < -0.4 is 14.8 Å². The zero-order chi connectivity index (χ0) is 13.7. The topological polar surface area (TPSA) is 30.5 Å². The van der Waals surface area contributed by atoms with E-state index in [2.05, 4.69) is 24.5 Å². The zero-order valence-corrected chi connectivity index (χ0v) is 12.2. The van der Waals surface area contributed by atoms with E-state index in [0.717, 1.165) is 23.8 Å². The molecule has 1 aliphatic rings. The summed E-state index contributed by atoms with van der Waals surface area (Å²) in [5.74, 6) is 2.37. The van der Waals surface area contributed by atoms with Crippen LogP contribution in [0.15, 0.2) is 18.2 Å². The SMILES string of the molecule is CNC1CCCCC1Cc1ccc(OC)c(OC)c1. The van der Waals surface area contributed by atoms with Crippen LogP contribution in [0, 0.1) is 5.92 Å². The van der Waals surface area contributed by atoms with Crippen molar-refractivity contribution in [3.63, 3.8) is 0 Å². The Morgan fingerprint density at radius 1 is 1.11 bits per heavy atom. The summed E-state index contributed by atoms with van der Waals surface area (Å²) in [7, 11) is 5.45. The van der Waals surface area contributed by atoms with Crippen molar-refractivity contribution in [3.05, 3.63) is 23.8 Å². The molecule has 0 saturated heterocycles. The Balaban J connectivity index is 2.09. The van der Waals surface area contributed by atoms with Crippen LogP contribution in [0.2, 0.25) is 0 Å². The second kappa shape index (κ2) is 6.80. The molecular formula is C16H25NO2. The molecule has 1 aromatic rings. The lowest BCUT2D eigenvalue weighted by Gasteiger charge is -2.31. The van der Waals surface area contributed by atoms with Gasteiger partial charge in [-0.15, -0.1) is 0 Å². The van der Waals surface area contributed by atoms with Gasteiger partial charge in [0.25, 0.3) is 0 Å². The lowest BCUT2D eigenvalue weighted by atomic mass is 9.81. The van der Waals surface area contributed by atoms with Crippen LogP contribution in [0.5, 0.6) is 11.5 Å². The fourth-order valence-corrected chi connectivity index (χ4v) is 3.14. The lowest BCUT2D eigenvalue weighted by molar-refractivity contribution is 0.272. The Labute approximate surface area is 116 Å². The van der Waals surface area contributed by atoms with Crippen LogP contribution in [0.4, 0.5) is 0 Å². The Hall–Kier alpha value is -1.22. The number of rotatable bonds is 5. The summed E-state index contributed by atoms with van der Waals surface area (Å²) in [5.41, 5.74) is 1.34. The van der Waals surface area contributed by atoms with Crippen molar-refractivity contribution in [3.8, 4) is 11.5 Å². The fourth-order valence-electron chi connectivity index (χ4n) is 3.14. The number of nitrogens with one attached hydrogen (secondary N) is 1. The van der Waals surface area contributed by atoms with Crippen molar-refractivity contribution in [2.45, 2.75) is 38.1 Å². The summed E-state index contributed by atoms with van der Waals surface area (Å²) in [6.45, 7) is 0. The monoisotopic (exact) mass is 263 g/mol. The number of hydrogen-bond acceptors (Lipinski definition) is 3. The highest BCUT2D eigenvalue weighted by atomic mass is 16.5. The highest BCUT2D eigenvalue weighted by Gasteiger charge is 2.24. The molecular weight excluding hydrogens is 238 g/mol. The quantitative estimate of drug-likeness (QED) is 0.885. The molecule has 1 saturated carbocycles. The third-order valence-corrected chi connectivity index (χ3v) is 4.23. The summed E-state index contributed by atoms with van der Waals surface area (Å²) >= 11 is 0. The minimum Gasteiger partial charge on any atom is -0.493 e. The average Bonchev–Trinajstić information content (AvgIpc) is 2.47. The van der Waals surface area contributed by atoms with E-state index in [1.165, 1.54) is 31.2 Å². The van der Waals surface area contributed by atoms with Gasteiger partial charge in [0.15, 0.2) is 11.5 Å². The number of methoxy groups -OCH3 is 2. The molecule has 2 rings (SSSR count).